The lowest BCUT2D eigenvalue weighted by atomic mass is 9.98. The maximum atomic E-state index is 12.5. The number of thiazole rings is 1. The topological polar surface area (TPSA) is 202 Å². The van der Waals surface area contributed by atoms with Crippen LogP contribution in [0, 0.1) is 0 Å². The number of oxime groups is 1. The van der Waals surface area contributed by atoms with E-state index in [0.29, 0.717) is 11.4 Å². The van der Waals surface area contributed by atoms with Crippen LogP contribution in [0.3, 0.4) is 0 Å². The summed E-state index contributed by atoms with van der Waals surface area (Å²) in [5.74, 6) is -2.49. The van der Waals surface area contributed by atoms with E-state index in [9.17, 15) is 19.5 Å². The van der Waals surface area contributed by atoms with E-state index >= 15 is 0 Å². The first kappa shape index (κ1) is 22.0. The van der Waals surface area contributed by atoms with Crippen LogP contribution in [0.25, 0.3) is 0 Å². The predicted molar refractivity (Wildman–Crippen MR) is 114 cm³/mol. The number of nitrogens with zero attached hydrogens (tertiary/aromatic N) is 7. The van der Waals surface area contributed by atoms with Crippen LogP contribution < -0.4 is 11.1 Å². The number of nitrogen functional groups attached to an aromatic ring is 1. The minimum Gasteiger partial charge on any atom is -0.477 e. The van der Waals surface area contributed by atoms with Crippen LogP contribution in [-0.2, 0) is 26.3 Å². The molecule has 0 spiro atoms. The normalized spacial score (nSPS) is 22.7. The maximum Gasteiger partial charge on any atom is 0.352 e. The molecule has 1 saturated heterocycles. The van der Waals surface area contributed by atoms with E-state index in [1.54, 1.807) is 12.4 Å². The number of carbonyl (C=O) groups is 3. The van der Waals surface area contributed by atoms with Gasteiger partial charge in [0.1, 0.15) is 11.9 Å². The van der Waals surface area contributed by atoms with Gasteiger partial charge in [-0.25, -0.2) is 14.5 Å². The molecule has 0 aliphatic carbocycles. The van der Waals surface area contributed by atoms with Crippen molar-refractivity contribution >= 4 is 64.0 Å². The van der Waals surface area contributed by atoms with E-state index in [1.165, 1.54) is 9.58 Å². The molecule has 14 nitrogen and oxygen atoms in total. The van der Waals surface area contributed by atoms with Gasteiger partial charge in [0, 0.05) is 23.8 Å². The van der Waals surface area contributed by atoms with Gasteiger partial charge in [-0.2, -0.15) is 0 Å². The molecule has 0 bridgehead atoms. The summed E-state index contributed by atoms with van der Waals surface area (Å²) in [4.78, 5) is 41.1. The SMILES string of the molecule is Cn1nnnc1SCC1=C(C(=O)O)N2C(=O)C[C@H]2SC1(NC(=O)/C=N/O)c1csc(N)n1. The molecule has 2 amide bonds. The fraction of sp³-hybridized carbons (Fsp3) is 0.333. The minimum atomic E-state index is -1.50. The highest BCUT2D eigenvalue weighted by Crippen LogP contribution is 2.54. The number of carbonyl (C=O) groups excluding carboxylic acids is 2. The van der Waals surface area contributed by atoms with Gasteiger partial charge < -0.3 is 21.4 Å². The molecule has 2 aliphatic rings. The number of tetrazole rings is 1. The average Bonchev–Trinajstić information content (AvgIpc) is 3.34. The number of aromatic nitrogens is 5. The van der Waals surface area contributed by atoms with Crippen molar-refractivity contribution in [2.45, 2.75) is 21.8 Å². The second-order valence-electron chi connectivity index (χ2n) is 6.53. The zero-order chi connectivity index (χ0) is 23.0. The third kappa shape index (κ3) is 3.67. The second-order valence-corrected chi connectivity index (χ2v) is 9.76. The number of fused-ring (bicyclic) bond motifs is 1. The number of hydrogen-bond donors (Lipinski definition) is 4. The summed E-state index contributed by atoms with van der Waals surface area (Å²) in [6.07, 6.45) is 0.731. The van der Waals surface area contributed by atoms with Gasteiger partial charge in [0.15, 0.2) is 10.0 Å². The zero-order valence-corrected chi connectivity index (χ0v) is 18.6. The summed E-state index contributed by atoms with van der Waals surface area (Å²) in [7, 11) is 1.62. The van der Waals surface area contributed by atoms with Crippen LogP contribution in [0.2, 0.25) is 0 Å². The standard InChI is InChI=1S/C15H15N9O5S3/c1-23-14(20-21-22-23)31-4-6-11(12(27)28)24-9(26)2-10(24)32-15(6,19-8(25)3-17-29)7-5-30-13(16)18-7/h3,5,10,29H,2,4H2,1H3,(H2,16,18)(H,19,25)(H,27,28)/b17-3+/t10-,15?/m1/s1. The van der Waals surface area contributed by atoms with Crippen LogP contribution in [0.1, 0.15) is 12.1 Å². The second kappa shape index (κ2) is 8.40. The van der Waals surface area contributed by atoms with Gasteiger partial charge >= 0.3 is 5.97 Å². The molecule has 2 aromatic rings. The van der Waals surface area contributed by atoms with Gasteiger partial charge in [0.2, 0.25) is 11.1 Å². The third-order valence-electron chi connectivity index (χ3n) is 4.66. The third-order valence-corrected chi connectivity index (χ3v) is 7.93. The summed E-state index contributed by atoms with van der Waals surface area (Å²) >= 11 is 3.38. The molecule has 2 atom stereocenters. The van der Waals surface area contributed by atoms with E-state index in [4.69, 9.17) is 10.9 Å². The number of nitrogens with two attached hydrogens (primary N) is 1. The number of thioether (sulfide) groups is 2. The van der Waals surface area contributed by atoms with E-state index in [0.717, 1.165) is 34.9 Å². The van der Waals surface area contributed by atoms with Gasteiger partial charge in [0.05, 0.1) is 17.5 Å². The Morgan fingerprint density at radius 2 is 2.31 bits per heavy atom. The van der Waals surface area contributed by atoms with Crippen LogP contribution in [-0.4, -0.2) is 75.5 Å². The first-order valence-electron chi connectivity index (χ1n) is 8.80. The van der Waals surface area contributed by atoms with Crippen molar-refractivity contribution < 1.29 is 24.7 Å². The van der Waals surface area contributed by atoms with Crippen molar-refractivity contribution in [1.29, 1.82) is 0 Å². The molecule has 1 fully saturated rings. The molecular formula is C15H15N9O5S3. The Kier molecular flexibility index (Phi) is 5.78. The van der Waals surface area contributed by atoms with Gasteiger partial charge in [-0.15, -0.1) is 16.4 Å². The average molecular weight is 498 g/mol. The highest BCUT2D eigenvalue weighted by Gasteiger charge is 2.56. The van der Waals surface area contributed by atoms with Crippen molar-refractivity contribution in [2.24, 2.45) is 12.2 Å². The Bertz CT molecular complexity index is 1160. The summed E-state index contributed by atoms with van der Waals surface area (Å²) in [5, 5.41) is 37.1. The molecule has 0 saturated carbocycles. The highest BCUT2D eigenvalue weighted by molar-refractivity contribution is 8.01. The lowest BCUT2D eigenvalue weighted by molar-refractivity contribution is -0.146. The van der Waals surface area contributed by atoms with Gasteiger partial charge in [-0.05, 0) is 10.4 Å². The number of aryl methyl sites for hydroxylation is 1. The molecule has 4 rings (SSSR count). The summed E-state index contributed by atoms with van der Waals surface area (Å²) < 4.78 is 1.40. The molecule has 5 N–H and O–H groups in total. The molecule has 17 heteroatoms. The molecule has 0 radical (unpaired) electrons. The number of nitrogens with one attached hydrogen (secondary N) is 1. The molecule has 2 aromatic heterocycles. The van der Waals surface area contributed by atoms with E-state index < -0.39 is 22.1 Å². The van der Waals surface area contributed by atoms with Gasteiger partial charge in [-0.3, -0.25) is 14.5 Å². The van der Waals surface area contributed by atoms with Crippen molar-refractivity contribution in [3.05, 3.63) is 22.3 Å². The van der Waals surface area contributed by atoms with Crippen molar-refractivity contribution in [3.8, 4) is 0 Å². The summed E-state index contributed by atoms with van der Waals surface area (Å²) in [5.41, 5.74) is 6.03. The Hall–Kier alpha value is -3.18. The molecule has 32 heavy (non-hydrogen) atoms. The quantitative estimate of drug-likeness (QED) is 0.125. The molecule has 168 valence electrons. The summed E-state index contributed by atoms with van der Waals surface area (Å²) in [6, 6.07) is 0. The summed E-state index contributed by atoms with van der Waals surface area (Å²) in [6.45, 7) is 0. The number of amides is 2. The number of carboxylic acids is 1. The molecule has 4 heterocycles. The Morgan fingerprint density at radius 1 is 1.53 bits per heavy atom. The van der Waals surface area contributed by atoms with Gasteiger partial charge in [-0.1, -0.05) is 28.7 Å². The minimum absolute atomic E-state index is 0.00662. The molecule has 0 aromatic carbocycles. The number of anilines is 1. The Morgan fingerprint density at radius 3 is 2.88 bits per heavy atom. The number of β-lactam (4-membered cyclic amide) rings is 1. The Labute approximate surface area is 191 Å². The Balaban J connectivity index is 1.90. The van der Waals surface area contributed by atoms with Crippen molar-refractivity contribution in [1.82, 2.24) is 35.4 Å². The smallest absolute Gasteiger partial charge is 0.352 e. The number of hydrogen-bond acceptors (Lipinski definition) is 13. The van der Waals surface area contributed by atoms with Crippen LogP contribution in [0.4, 0.5) is 5.13 Å². The monoisotopic (exact) mass is 497 g/mol. The van der Waals surface area contributed by atoms with Crippen LogP contribution in [0.5, 0.6) is 0 Å². The van der Waals surface area contributed by atoms with E-state index in [-0.39, 0.29) is 40.2 Å². The number of carboxylic acid groups (broad SMARTS) is 1. The highest BCUT2D eigenvalue weighted by atomic mass is 32.2. The van der Waals surface area contributed by atoms with Crippen molar-refractivity contribution in [3.63, 3.8) is 0 Å². The predicted octanol–water partition coefficient (Wildman–Crippen LogP) is -0.586. The van der Waals surface area contributed by atoms with Crippen molar-refractivity contribution in [2.75, 3.05) is 11.5 Å². The van der Waals surface area contributed by atoms with Gasteiger partial charge in [0.25, 0.3) is 5.91 Å². The molecular weight excluding hydrogens is 482 g/mol. The fourth-order valence-corrected chi connectivity index (χ4v) is 6.69. The first-order chi connectivity index (χ1) is 15.3. The number of aliphatic carboxylic acids is 1. The lowest BCUT2D eigenvalue weighted by Gasteiger charge is -2.51. The van der Waals surface area contributed by atoms with Crippen LogP contribution in [0.15, 0.2) is 27.0 Å². The maximum absolute atomic E-state index is 12.5. The van der Waals surface area contributed by atoms with E-state index in [1.807, 2.05) is 0 Å². The zero-order valence-electron chi connectivity index (χ0n) is 16.2. The molecule has 2 aliphatic heterocycles. The fourth-order valence-electron chi connectivity index (χ4n) is 3.31. The number of rotatable bonds is 7. The lowest BCUT2D eigenvalue weighted by Crippen LogP contribution is -2.61. The molecule has 1 unspecified atom stereocenters. The largest absolute Gasteiger partial charge is 0.477 e. The van der Waals surface area contributed by atoms with E-state index in [2.05, 4.69) is 31.0 Å². The van der Waals surface area contributed by atoms with Crippen LogP contribution >= 0.6 is 34.9 Å². The first-order valence-corrected chi connectivity index (χ1v) is 11.5.